The van der Waals surface area contributed by atoms with Crippen molar-refractivity contribution >= 4 is 45.0 Å². The number of carbonyl (C=O) groups is 1. The van der Waals surface area contributed by atoms with Gasteiger partial charge in [0.25, 0.3) is 5.69 Å². The quantitative estimate of drug-likeness (QED) is 0.401. The first-order valence-corrected chi connectivity index (χ1v) is 10.4. The second kappa shape index (κ2) is 9.17. The Morgan fingerprint density at radius 2 is 1.83 bits per heavy atom. The van der Waals surface area contributed by atoms with Crippen LogP contribution in [-0.2, 0) is 14.8 Å². The summed E-state index contributed by atoms with van der Waals surface area (Å²) in [6, 6.07) is 9.80. The van der Waals surface area contributed by atoms with Crippen molar-refractivity contribution in [3.8, 4) is 0 Å². The van der Waals surface area contributed by atoms with Gasteiger partial charge in [-0.25, -0.2) is 8.42 Å². The number of halogens is 1. The van der Waals surface area contributed by atoms with Gasteiger partial charge in [0.2, 0.25) is 15.9 Å². The van der Waals surface area contributed by atoms with Crippen LogP contribution in [-0.4, -0.2) is 36.6 Å². The number of nitrogens with one attached hydrogen (secondary N) is 1. The van der Waals surface area contributed by atoms with Crippen molar-refractivity contribution in [3.05, 3.63) is 69.2 Å². The maximum Gasteiger partial charge on any atom is 0.288 e. The first kappa shape index (κ1) is 22.5. The van der Waals surface area contributed by atoms with Crippen LogP contribution in [0.1, 0.15) is 19.4 Å². The number of sulfonamides is 1. The van der Waals surface area contributed by atoms with Gasteiger partial charge < -0.3 is 5.32 Å². The predicted octanol–water partition coefficient (Wildman–Crippen LogP) is 3.93. The minimum absolute atomic E-state index is 0.00903. The Kier molecular flexibility index (Phi) is 7.12. The molecule has 10 heteroatoms. The van der Waals surface area contributed by atoms with E-state index in [-0.39, 0.29) is 21.6 Å². The van der Waals surface area contributed by atoms with Crippen LogP contribution in [0.4, 0.5) is 11.4 Å². The van der Waals surface area contributed by atoms with E-state index in [0.29, 0.717) is 11.3 Å². The third-order valence-electron chi connectivity index (χ3n) is 4.12. The van der Waals surface area contributed by atoms with Gasteiger partial charge in [-0.3, -0.25) is 14.9 Å². The topological polar surface area (TPSA) is 110 Å². The van der Waals surface area contributed by atoms with Gasteiger partial charge in [-0.1, -0.05) is 17.7 Å². The average molecular weight is 438 g/mol. The highest BCUT2D eigenvalue weighted by atomic mass is 35.5. The fourth-order valence-electron chi connectivity index (χ4n) is 2.28. The lowest BCUT2D eigenvalue weighted by Gasteiger charge is -2.21. The number of hydrogen-bond acceptors (Lipinski definition) is 5. The fourth-order valence-corrected chi connectivity index (χ4v) is 3.84. The molecule has 2 aromatic rings. The molecule has 0 unspecified atom stereocenters. The second-order valence-corrected chi connectivity index (χ2v) is 8.83. The van der Waals surface area contributed by atoms with Crippen LogP contribution in [0.2, 0.25) is 5.02 Å². The molecule has 0 aliphatic rings. The van der Waals surface area contributed by atoms with E-state index in [4.69, 9.17) is 11.6 Å². The van der Waals surface area contributed by atoms with Crippen molar-refractivity contribution in [1.29, 1.82) is 0 Å². The Labute approximate surface area is 174 Å². The van der Waals surface area contributed by atoms with E-state index in [9.17, 15) is 23.3 Å². The molecule has 0 saturated heterocycles. The first-order valence-electron chi connectivity index (χ1n) is 8.53. The van der Waals surface area contributed by atoms with E-state index < -0.39 is 20.9 Å². The molecule has 2 rings (SSSR count). The Morgan fingerprint density at radius 1 is 1.21 bits per heavy atom. The van der Waals surface area contributed by atoms with Crippen LogP contribution >= 0.6 is 11.6 Å². The van der Waals surface area contributed by atoms with E-state index in [1.54, 1.807) is 19.9 Å². The molecule has 0 radical (unpaired) electrons. The molecular weight excluding hydrogens is 418 g/mol. The Morgan fingerprint density at radius 3 is 2.38 bits per heavy atom. The minimum Gasteiger partial charge on any atom is -0.323 e. The number of nitrogens with zero attached hydrogens (tertiary/aromatic N) is 2. The van der Waals surface area contributed by atoms with Gasteiger partial charge in [0, 0.05) is 30.9 Å². The van der Waals surface area contributed by atoms with Crippen molar-refractivity contribution in [3.63, 3.8) is 0 Å². The number of benzene rings is 2. The molecule has 0 fully saturated rings. The SMILES string of the molecule is CC(C)N(C)S(=O)(=O)c1ccc(NC(=O)/C=C/c2ccc(Cl)c([N+](=O)[O-])c2)cc1. The summed E-state index contributed by atoms with van der Waals surface area (Å²) < 4.78 is 26.1. The van der Waals surface area contributed by atoms with E-state index in [0.717, 1.165) is 0 Å². The van der Waals surface area contributed by atoms with Crippen molar-refractivity contribution in [2.45, 2.75) is 24.8 Å². The highest BCUT2D eigenvalue weighted by Crippen LogP contribution is 2.25. The third kappa shape index (κ3) is 5.63. The summed E-state index contributed by atoms with van der Waals surface area (Å²) >= 11 is 5.75. The predicted molar refractivity (Wildman–Crippen MR) is 112 cm³/mol. The molecule has 1 amide bonds. The Hall–Kier alpha value is -2.75. The van der Waals surface area contributed by atoms with Crippen LogP contribution in [0.3, 0.4) is 0 Å². The van der Waals surface area contributed by atoms with Gasteiger partial charge in [-0.15, -0.1) is 0 Å². The highest BCUT2D eigenvalue weighted by molar-refractivity contribution is 7.89. The lowest BCUT2D eigenvalue weighted by Crippen LogP contribution is -2.33. The molecule has 0 atom stereocenters. The van der Waals surface area contributed by atoms with Crippen molar-refractivity contribution in [2.75, 3.05) is 12.4 Å². The maximum absolute atomic E-state index is 12.4. The molecule has 0 aliphatic carbocycles. The van der Waals surface area contributed by atoms with E-state index >= 15 is 0 Å². The zero-order valence-corrected chi connectivity index (χ0v) is 17.6. The maximum atomic E-state index is 12.4. The number of hydrogen-bond donors (Lipinski definition) is 1. The summed E-state index contributed by atoms with van der Waals surface area (Å²) in [5.41, 5.74) is 0.597. The molecule has 0 spiro atoms. The summed E-state index contributed by atoms with van der Waals surface area (Å²) in [6.07, 6.45) is 2.62. The van der Waals surface area contributed by atoms with Crippen molar-refractivity contribution in [1.82, 2.24) is 4.31 Å². The number of rotatable bonds is 7. The van der Waals surface area contributed by atoms with E-state index in [1.807, 2.05) is 0 Å². The number of nitro benzene ring substituents is 1. The molecule has 0 aliphatic heterocycles. The van der Waals surface area contributed by atoms with Crippen LogP contribution in [0.25, 0.3) is 6.08 Å². The average Bonchev–Trinajstić information content (AvgIpc) is 2.66. The van der Waals surface area contributed by atoms with Gasteiger partial charge in [0.1, 0.15) is 5.02 Å². The second-order valence-electron chi connectivity index (χ2n) is 6.43. The molecule has 1 N–H and O–H groups in total. The summed E-state index contributed by atoms with van der Waals surface area (Å²) in [6.45, 7) is 3.54. The van der Waals surface area contributed by atoms with Gasteiger partial charge >= 0.3 is 0 Å². The number of carbonyl (C=O) groups excluding carboxylic acids is 1. The van der Waals surface area contributed by atoms with Crippen LogP contribution < -0.4 is 5.32 Å². The molecule has 154 valence electrons. The molecule has 0 bridgehead atoms. The lowest BCUT2D eigenvalue weighted by atomic mass is 10.2. The monoisotopic (exact) mass is 437 g/mol. The Bertz CT molecular complexity index is 1050. The van der Waals surface area contributed by atoms with Gasteiger partial charge in [0.15, 0.2) is 0 Å². The van der Waals surface area contributed by atoms with Crippen molar-refractivity contribution in [2.24, 2.45) is 0 Å². The molecule has 0 heterocycles. The minimum atomic E-state index is -3.60. The molecule has 29 heavy (non-hydrogen) atoms. The smallest absolute Gasteiger partial charge is 0.288 e. The van der Waals surface area contributed by atoms with E-state index in [2.05, 4.69) is 5.32 Å². The summed E-state index contributed by atoms with van der Waals surface area (Å²) in [4.78, 5) is 22.5. The zero-order valence-electron chi connectivity index (χ0n) is 16.0. The largest absolute Gasteiger partial charge is 0.323 e. The number of amides is 1. The zero-order chi connectivity index (χ0) is 21.8. The lowest BCUT2D eigenvalue weighted by molar-refractivity contribution is -0.384. The number of nitro groups is 1. The molecule has 2 aromatic carbocycles. The van der Waals surface area contributed by atoms with Crippen LogP contribution in [0.5, 0.6) is 0 Å². The van der Waals surface area contributed by atoms with Gasteiger partial charge in [0.05, 0.1) is 9.82 Å². The molecule has 0 saturated carbocycles. The normalized spacial score (nSPS) is 11.9. The Balaban J connectivity index is 2.09. The van der Waals surface area contributed by atoms with Crippen LogP contribution in [0.15, 0.2) is 53.4 Å². The molecular formula is C19H20ClN3O5S. The third-order valence-corrected chi connectivity index (χ3v) is 6.49. The first-order chi connectivity index (χ1) is 13.5. The number of anilines is 1. The summed E-state index contributed by atoms with van der Waals surface area (Å²) in [5, 5.41) is 13.5. The fraction of sp³-hybridized carbons (Fsp3) is 0.211. The molecule has 8 nitrogen and oxygen atoms in total. The van der Waals surface area contributed by atoms with Gasteiger partial charge in [-0.2, -0.15) is 4.31 Å². The van der Waals surface area contributed by atoms with E-state index in [1.165, 1.54) is 59.9 Å². The summed E-state index contributed by atoms with van der Waals surface area (Å²) in [5.74, 6) is -0.475. The highest BCUT2D eigenvalue weighted by Gasteiger charge is 2.22. The van der Waals surface area contributed by atoms with Gasteiger partial charge in [-0.05, 0) is 55.8 Å². The summed E-state index contributed by atoms with van der Waals surface area (Å²) in [7, 11) is -2.10. The van der Waals surface area contributed by atoms with Crippen molar-refractivity contribution < 1.29 is 18.1 Å². The van der Waals surface area contributed by atoms with Crippen LogP contribution in [0, 0.1) is 10.1 Å². The molecule has 0 aromatic heterocycles. The standard InChI is InChI=1S/C19H20ClN3O5S/c1-13(2)22(3)29(27,28)16-8-6-15(7-9-16)21-19(24)11-5-14-4-10-17(20)18(12-14)23(25)26/h4-13H,1-3H3,(H,21,24)/b11-5+.